The minimum atomic E-state index is 0.378. The van der Waals surface area contributed by atoms with Gasteiger partial charge >= 0.3 is 0 Å². The van der Waals surface area contributed by atoms with Crippen LogP contribution in [0.15, 0.2) is 53.7 Å². The predicted octanol–water partition coefficient (Wildman–Crippen LogP) is 2.81. The number of guanidine groups is 1. The summed E-state index contributed by atoms with van der Waals surface area (Å²) in [6, 6.07) is 14.9. The molecule has 6 heteroatoms. The number of benzene rings is 1. The maximum absolute atomic E-state index is 5.60. The highest BCUT2D eigenvalue weighted by Crippen LogP contribution is 2.20. The average molecular weight is 367 g/mol. The second-order valence-electron chi connectivity index (χ2n) is 6.51. The smallest absolute Gasteiger partial charge is 0.218 e. The second-order valence-corrected chi connectivity index (χ2v) is 6.51. The van der Waals surface area contributed by atoms with Gasteiger partial charge in [-0.3, -0.25) is 0 Å². The van der Waals surface area contributed by atoms with E-state index in [1.165, 1.54) is 5.69 Å². The van der Waals surface area contributed by atoms with E-state index in [1.807, 2.05) is 19.1 Å². The van der Waals surface area contributed by atoms with E-state index in [0.717, 1.165) is 37.6 Å². The van der Waals surface area contributed by atoms with Crippen molar-refractivity contribution >= 4 is 11.6 Å². The van der Waals surface area contributed by atoms with Crippen LogP contribution in [0, 0.1) is 0 Å². The Morgan fingerprint density at radius 2 is 2.07 bits per heavy atom. The molecule has 0 aliphatic carbocycles. The van der Waals surface area contributed by atoms with E-state index < -0.39 is 0 Å². The minimum Gasteiger partial charge on any atom is -0.478 e. The van der Waals surface area contributed by atoms with Crippen molar-refractivity contribution in [1.82, 2.24) is 15.6 Å². The molecule has 2 aromatic rings. The molecule has 27 heavy (non-hydrogen) atoms. The van der Waals surface area contributed by atoms with Crippen LogP contribution in [0.4, 0.5) is 5.69 Å². The lowest BCUT2D eigenvalue weighted by Gasteiger charge is -2.20. The molecule has 6 nitrogen and oxygen atoms in total. The summed E-state index contributed by atoms with van der Waals surface area (Å²) in [4.78, 5) is 11.5. The number of hydrogen-bond acceptors (Lipinski definition) is 4. The number of hydrogen-bond donors (Lipinski definition) is 2. The van der Waals surface area contributed by atoms with E-state index in [2.05, 4.69) is 57.8 Å². The SMILES string of the molecule is CCNC(=NCc1cccnc1OCC)NC1CCN(c2ccccc2)C1. The van der Waals surface area contributed by atoms with Gasteiger partial charge in [-0.2, -0.15) is 0 Å². The molecular formula is C21H29N5O. The molecule has 0 amide bonds. The standard InChI is InChI=1S/C21H29N5O/c1-3-22-21(24-15-17-9-8-13-23-20(17)27-4-2)25-18-12-14-26(16-18)19-10-6-5-7-11-19/h5-11,13,18H,3-4,12,14-16H2,1-2H3,(H2,22,24,25). The van der Waals surface area contributed by atoms with Crippen molar-refractivity contribution < 1.29 is 4.74 Å². The predicted molar refractivity (Wildman–Crippen MR) is 110 cm³/mol. The first-order chi connectivity index (χ1) is 13.3. The normalized spacial score (nSPS) is 17.0. The van der Waals surface area contributed by atoms with E-state index in [9.17, 15) is 0 Å². The summed E-state index contributed by atoms with van der Waals surface area (Å²) in [5.74, 6) is 1.50. The molecule has 1 atom stereocenters. The molecule has 3 rings (SSSR count). The third-order valence-electron chi connectivity index (χ3n) is 4.53. The lowest BCUT2D eigenvalue weighted by Crippen LogP contribution is -2.44. The molecular weight excluding hydrogens is 338 g/mol. The number of nitrogens with one attached hydrogen (secondary N) is 2. The van der Waals surface area contributed by atoms with Crippen LogP contribution in [0.5, 0.6) is 5.88 Å². The number of aliphatic imine (C=N–C) groups is 1. The molecule has 2 heterocycles. The summed E-state index contributed by atoms with van der Waals surface area (Å²) in [6.45, 7) is 8.04. The van der Waals surface area contributed by atoms with Crippen LogP contribution >= 0.6 is 0 Å². The van der Waals surface area contributed by atoms with Crippen LogP contribution < -0.4 is 20.3 Å². The third kappa shape index (κ3) is 5.36. The molecule has 0 bridgehead atoms. The van der Waals surface area contributed by atoms with Gasteiger partial charge in [0, 0.05) is 43.1 Å². The zero-order chi connectivity index (χ0) is 18.9. The molecule has 1 unspecified atom stereocenters. The maximum Gasteiger partial charge on any atom is 0.218 e. The Kier molecular flexibility index (Phi) is 6.90. The largest absolute Gasteiger partial charge is 0.478 e. The minimum absolute atomic E-state index is 0.378. The average Bonchev–Trinajstić information content (AvgIpc) is 3.17. The van der Waals surface area contributed by atoms with E-state index in [-0.39, 0.29) is 0 Å². The fraction of sp³-hybridized carbons (Fsp3) is 0.429. The fourth-order valence-electron chi connectivity index (χ4n) is 3.24. The first-order valence-corrected chi connectivity index (χ1v) is 9.71. The van der Waals surface area contributed by atoms with Gasteiger partial charge in [0.1, 0.15) is 0 Å². The highest BCUT2D eigenvalue weighted by Gasteiger charge is 2.23. The van der Waals surface area contributed by atoms with Crippen molar-refractivity contribution in [2.75, 3.05) is 31.1 Å². The van der Waals surface area contributed by atoms with Crippen LogP contribution in [0.1, 0.15) is 25.8 Å². The van der Waals surface area contributed by atoms with Crippen molar-refractivity contribution in [3.63, 3.8) is 0 Å². The number of nitrogens with zero attached hydrogens (tertiary/aromatic N) is 3. The molecule has 2 N–H and O–H groups in total. The van der Waals surface area contributed by atoms with Gasteiger partial charge in [0.05, 0.1) is 13.2 Å². The Hall–Kier alpha value is -2.76. The maximum atomic E-state index is 5.60. The Morgan fingerprint density at radius 1 is 1.22 bits per heavy atom. The zero-order valence-electron chi connectivity index (χ0n) is 16.2. The van der Waals surface area contributed by atoms with Gasteiger partial charge in [-0.25, -0.2) is 9.98 Å². The Balaban J connectivity index is 1.62. The number of pyridine rings is 1. The second kappa shape index (κ2) is 9.80. The van der Waals surface area contributed by atoms with Crippen molar-refractivity contribution in [3.8, 4) is 5.88 Å². The summed E-state index contributed by atoms with van der Waals surface area (Å²) >= 11 is 0. The number of para-hydroxylation sites is 1. The molecule has 144 valence electrons. The number of rotatable bonds is 7. The number of ether oxygens (including phenoxy) is 1. The van der Waals surface area contributed by atoms with E-state index in [1.54, 1.807) is 6.20 Å². The first kappa shape index (κ1) is 19.0. The summed E-state index contributed by atoms with van der Waals surface area (Å²) in [5.41, 5.74) is 2.27. The molecule has 1 aliphatic rings. The van der Waals surface area contributed by atoms with Gasteiger partial charge in [-0.15, -0.1) is 0 Å². The first-order valence-electron chi connectivity index (χ1n) is 9.71. The third-order valence-corrected chi connectivity index (χ3v) is 4.53. The monoisotopic (exact) mass is 367 g/mol. The van der Waals surface area contributed by atoms with Gasteiger partial charge in [-0.05, 0) is 38.5 Å². The molecule has 1 aromatic heterocycles. The van der Waals surface area contributed by atoms with E-state index in [0.29, 0.717) is 25.1 Å². The topological polar surface area (TPSA) is 61.8 Å². The lowest BCUT2D eigenvalue weighted by atomic mass is 10.2. The molecule has 0 saturated carbocycles. The van der Waals surface area contributed by atoms with Crippen molar-refractivity contribution in [1.29, 1.82) is 0 Å². The number of aromatic nitrogens is 1. The Bertz CT molecular complexity index is 734. The van der Waals surface area contributed by atoms with Gasteiger partial charge < -0.3 is 20.3 Å². The van der Waals surface area contributed by atoms with Gasteiger partial charge in [0.2, 0.25) is 5.88 Å². The quantitative estimate of drug-likeness (QED) is 0.582. The molecule has 0 spiro atoms. The number of anilines is 1. The van der Waals surface area contributed by atoms with Crippen LogP contribution in [-0.4, -0.2) is 43.2 Å². The van der Waals surface area contributed by atoms with Crippen LogP contribution in [-0.2, 0) is 6.54 Å². The molecule has 1 fully saturated rings. The summed E-state index contributed by atoms with van der Waals surface area (Å²) < 4.78 is 5.60. The van der Waals surface area contributed by atoms with Crippen LogP contribution in [0.25, 0.3) is 0 Å². The fourth-order valence-corrected chi connectivity index (χ4v) is 3.24. The molecule has 1 aromatic carbocycles. The van der Waals surface area contributed by atoms with E-state index >= 15 is 0 Å². The van der Waals surface area contributed by atoms with Gasteiger partial charge in [-0.1, -0.05) is 24.3 Å². The molecule has 1 saturated heterocycles. The van der Waals surface area contributed by atoms with Gasteiger partial charge in [0.15, 0.2) is 5.96 Å². The van der Waals surface area contributed by atoms with Gasteiger partial charge in [0.25, 0.3) is 0 Å². The highest BCUT2D eigenvalue weighted by atomic mass is 16.5. The summed E-state index contributed by atoms with van der Waals surface area (Å²) in [5, 5.41) is 6.92. The van der Waals surface area contributed by atoms with Crippen molar-refractivity contribution in [3.05, 3.63) is 54.2 Å². The van der Waals surface area contributed by atoms with Crippen molar-refractivity contribution in [2.45, 2.75) is 32.9 Å². The highest BCUT2D eigenvalue weighted by molar-refractivity contribution is 5.80. The van der Waals surface area contributed by atoms with Crippen LogP contribution in [0.2, 0.25) is 0 Å². The zero-order valence-corrected chi connectivity index (χ0v) is 16.2. The Labute approximate surface area is 161 Å². The van der Waals surface area contributed by atoms with Crippen LogP contribution in [0.3, 0.4) is 0 Å². The summed E-state index contributed by atoms with van der Waals surface area (Å²) in [7, 11) is 0. The van der Waals surface area contributed by atoms with Crippen molar-refractivity contribution in [2.24, 2.45) is 4.99 Å². The Morgan fingerprint density at radius 3 is 2.85 bits per heavy atom. The summed E-state index contributed by atoms with van der Waals surface area (Å²) in [6.07, 6.45) is 2.84. The lowest BCUT2D eigenvalue weighted by molar-refractivity contribution is 0.323. The van der Waals surface area contributed by atoms with E-state index in [4.69, 9.17) is 9.73 Å². The molecule has 1 aliphatic heterocycles. The molecule has 0 radical (unpaired) electrons.